The molecule has 2 aromatic carbocycles. The van der Waals surface area contributed by atoms with Crippen molar-refractivity contribution in [2.75, 3.05) is 5.73 Å². The molecule has 2 aromatic heterocycles. The second-order valence-corrected chi connectivity index (χ2v) is 8.28. The molecule has 0 aliphatic rings. The molecule has 4 aromatic rings. The molecule has 0 aliphatic heterocycles. The second kappa shape index (κ2) is 8.30. The van der Waals surface area contributed by atoms with E-state index in [2.05, 4.69) is 20.6 Å². The van der Waals surface area contributed by atoms with E-state index in [1.807, 2.05) is 70.2 Å². The van der Waals surface area contributed by atoms with Gasteiger partial charge in [0.25, 0.3) is 11.5 Å². The number of fused-ring (bicyclic) bond motifs is 1. The van der Waals surface area contributed by atoms with Crippen LogP contribution in [0.3, 0.4) is 0 Å². The summed E-state index contributed by atoms with van der Waals surface area (Å²) in [5.41, 5.74) is 11.3. The predicted octanol–water partition coefficient (Wildman–Crippen LogP) is 3.36. The molecule has 4 N–H and O–H groups in total. The zero-order valence-corrected chi connectivity index (χ0v) is 18.6. The van der Waals surface area contributed by atoms with Gasteiger partial charge in [-0.25, -0.2) is 9.78 Å². The summed E-state index contributed by atoms with van der Waals surface area (Å²) in [6.07, 6.45) is 0. The second-order valence-electron chi connectivity index (χ2n) is 8.28. The third-order valence-corrected chi connectivity index (χ3v) is 5.48. The molecular formula is C24H26N6O2. The zero-order valence-electron chi connectivity index (χ0n) is 18.6. The van der Waals surface area contributed by atoms with E-state index in [4.69, 9.17) is 5.73 Å². The first-order chi connectivity index (χ1) is 15.3. The van der Waals surface area contributed by atoms with Crippen molar-refractivity contribution in [2.24, 2.45) is 0 Å². The van der Waals surface area contributed by atoms with Gasteiger partial charge in [0, 0.05) is 12.1 Å². The number of hydrogen-bond acceptors (Lipinski definition) is 5. The van der Waals surface area contributed by atoms with Crippen molar-refractivity contribution in [1.29, 1.82) is 0 Å². The Morgan fingerprint density at radius 1 is 1.16 bits per heavy atom. The number of H-pyrrole nitrogens is 1. The monoisotopic (exact) mass is 430 g/mol. The first kappa shape index (κ1) is 21.3. The Morgan fingerprint density at radius 2 is 1.88 bits per heavy atom. The van der Waals surface area contributed by atoms with Gasteiger partial charge in [-0.1, -0.05) is 43.7 Å². The Hall–Kier alpha value is -3.94. The minimum absolute atomic E-state index is 0.0428. The van der Waals surface area contributed by atoms with E-state index in [9.17, 15) is 9.59 Å². The van der Waals surface area contributed by atoms with E-state index in [0.717, 1.165) is 22.4 Å². The molecule has 0 saturated carbocycles. The van der Waals surface area contributed by atoms with Crippen LogP contribution in [0, 0.1) is 13.8 Å². The van der Waals surface area contributed by atoms with E-state index < -0.39 is 0 Å². The Kier molecular flexibility index (Phi) is 5.52. The summed E-state index contributed by atoms with van der Waals surface area (Å²) in [4.78, 5) is 25.0. The molecule has 8 nitrogen and oxygen atoms in total. The van der Waals surface area contributed by atoms with Gasteiger partial charge in [0.1, 0.15) is 5.52 Å². The molecule has 164 valence electrons. The summed E-state index contributed by atoms with van der Waals surface area (Å²) in [5.74, 6) is 0.151. The number of nitrogen functional groups attached to an aromatic ring is 1. The number of nitrogens with zero attached hydrogens (tertiary/aromatic N) is 3. The molecule has 1 amide bonds. The Bertz CT molecular complexity index is 1370. The molecule has 0 saturated heterocycles. The molecule has 0 unspecified atom stereocenters. The highest BCUT2D eigenvalue weighted by atomic mass is 16.1. The fraction of sp³-hybridized carbons (Fsp3) is 0.250. The topological polar surface area (TPSA) is 119 Å². The highest BCUT2D eigenvalue weighted by molar-refractivity contribution is 5.95. The summed E-state index contributed by atoms with van der Waals surface area (Å²) in [7, 11) is 0. The number of anilines is 1. The lowest BCUT2D eigenvalue weighted by Crippen LogP contribution is -2.23. The van der Waals surface area contributed by atoms with Crippen molar-refractivity contribution >= 4 is 22.6 Å². The maximum Gasteiger partial charge on any atom is 0.275 e. The van der Waals surface area contributed by atoms with E-state index >= 15 is 0 Å². The van der Waals surface area contributed by atoms with Crippen molar-refractivity contribution in [3.8, 4) is 5.69 Å². The number of nitrogens with two attached hydrogens (primary N) is 1. The molecule has 0 atom stereocenters. The molecule has 0 bridgehead atoms. The molecular weight excluding hydrogens is 404 g/mol. The quantitative estimate of drug-likeness (QED) is 0.449. The minimum atomic E-state index is -0.310. The molecule has 2 heterocycles. The van der Waals surface area contributed by atoms with E-state index in [0.29, 0.717) is 28.7 Å². The van der Waals surface area contributed by atoms with Crippen molar-refractivity contribution < 1.29 is 4.79 Å². The van der Waals surface area contributed by atoms with Crippen LogP contribution in [0.4, 0.5) is 5.82 Å². The van der Waals surface area contributed by atoms with E-state index in [-0.39, 0.29) is 23.2 Å². The number of hydrogen-bond donors (Lipinski definition) is 3. The van der Waals surface area contributed by atoms with Crippen LogP contribution in [0.2, 0.25) is 0 Å². The number of aromatic amines is 1. The van der Waals surface area contributed by atoms with E-state index in [1.54, 1.807) is 4.68 Å². The Morgan fingerprint density at radius 3 is 2.56 bits per heavy atom. The number of nitrogens with one attached hydrogen (secondary N) is 2. The molecule has 32 heavy (non-hydrogen) atoms. The number of aryl methyl sites for hydroxylation is 2. The first-order valence-corrected chi connectivity index (χ1v) is 10.5. The van der Waals surface area contributed by atoms with Crippen LogP contribution in [-0.4, -0.2) is 25.9 Å². The molecule has 0 fully saturated rings. The average Bonchev–Trinajstić information content (AvgIpc) is 3.19. The number of aromatic nitrogens is 4. The predicted molar refractivity (Wildman–Crippen MR) is 125 cm³/mol. The summed E-state index contributed by atoms with van der Waals surface area (Å²) in [6.45, 7) is 8.24. The van der Waals surface area contributed by atoms with Crippen LogP contribution in [0.5, 0.6) is 0 Å². The third kappa shape index (κ3) is 3.87. The number of rotatable bonds is 5. The number of amides is 1. The van der Waals surface area contributed by atoms with Gasteiger partial charge in [-0.15, -0.1) is 0 Å². The molecule has 4 rings (SSSR count). The number of benzene rings is 2. The molecule has 0 radical (unpaired) electrons. The smallest absolute Gasteiger partial charge is 0.275 e. The largest absolute Gasteiger partial charge is 0.380 e. The summed E-state index contributed by atoms with van der Waals surface area (Å²) in [5, 5.41) is 14.4. The molecule has 8 heteroatoms. The lowest BCUT2D eigenvalue weighted by Gasteiger charge is -2.10. The van der Waals surface area contributed by atoms with Crippen LogP contribution in [0.25, 0.3) is 16.6 Å². The van der Waals surface area contributed by atoms with Gasteiger partial charge in [-0.05, 0) is 49.1 Å². The van der Waals surface area contributed by atoms with Crippen LogP contribution in [0.1, 0.15) is 52.5 Å². The lowest BCUT2D eigenvalue weighted by atomic mass is 10.0. The maximum absolute atomic E-state index is 12.6. The van der Waals surface area contributed by atoms with Gasteiger partial charge < -0.3 is 11.1 Å². The summed E-state index contributed by atoms with van der Waals surface area (Å²) >= 11 is 0. The van der Waals surface area contributed by atoms with E-state index in [1.165, 1.54) is 0 Å². The number of carbonyl (C=O) groups is 1. The Balaban J connectivity index is 1.60. The van der Waals surface area contributed by atoms with Gasteiger partial charge in [0.2, 0.25) is 0 Å². The molecule has 0 spiro atoms. The normalized spacial score (nSPS) is 11.3. The van der Waals surface area contributed by atoms with Crippen molar-refractivity contribution in [3.63, 3.8) is 0 Å². The van der Waals surface area contributed by atoms with Gasteiger partial charge in [0.05, 0.1) is 16.8 Å². The van der Waals surface area contributed by atoms with Crippen molar-refractivity contribution in [3.05, 3.63) is 80.8 Å². The van der Waals surface area contributed by atoms with Gasteiger partial charge in [-0.3, -0.25) is 9.59 Å². The van der Waals surface area contributed by atoms with Gasteiger partial charge >= 0.3 is 0 Å². The van der Waals surface area contributed by atoms with Crippen molar-refractivity contribution in [1.82, 2.24) is 25.3 Å². The van der Waals surface area contributed by atoms with Crippen molar-refractivity contribution in [2.45, 2.75) is 40.2 Å². The lowest BCUT2D eigenvalue weighted by molar-refractivity contribution is 0.0950. The van der Waals surface area contributed by atoms with Crippen LogP contribution >= 0.6 is 0 Å². The average molecular weight is 431 g/mol. The Labute approximate surface area is 185 Å². The first-order valence-electron chi connectivity index (χ1n) is 10.5. The summed E-state index contributed by atoms with van der Waals surface area (Å²) < 4.78 is 1.65. The maximum atomic E-state index is 12.6. The summed E-state index contributed by atoms with van der Waals surface area (Å²) in [6, 6.07) is 13.4. The SMILES string of the molecule is Cc1ccc(C)c(C(=O)NCc2ccc(-n3nc(C(C)C)c4c(=O)[nH]nc(N)c43)cc2)c1. The highest BCUT2D eigenvalue weighted by Gasteiger charge is 2.20. The molecule has 0 aliphatic carbocycles. The van der Waals surface area contributed by atoms with Crippen LogP contribution < -0.4 is 16.6 Å². The van der Waals surface area contributed by atoms with Crippen LogP contribution in [-0.2, 0) is 6.54 Å². The minimum Gasteiger partial charge on any atom is -0.380 e. The third-order valence-electron chi connectivity index (χ3n) is 5.48. The van der Waals surface area contributed by atoms with Gasteiger partial charge in [0.15, 0.2) is 5.82 Å². The zero-order chi connectivity index (χ0) is 23.0. The van der Waals surface area contributed by atoms with Crippen LogP contribution in [0.15, 0.2) is 47.3 Å². The standard InChI is InChI=1S/C24H26N6O2/c1-13(2)20-19-21(22(25)27-28-24(19)32)30(29-20)17-9-7-16(8-10-17)12-26-23(31)18-11-14(3)5-6-15(18)4/h5-11,13H,12H2,1-4H3,(H2,25,27)(H,26,31)(H,28,32). The fourth-order valence-electron chi connectivity index (χ4n) is 3.72. The fourth-order valence-corrected chi connectivity index (χ4v) is 3.72. The number of carbonyl (C=O) groups excluding carboxylic acids is 1. The van der Waals surface area contributed by atoms with Gasteiger partial charge in [-0.2, -0.15) is 10.2 Å². The highest BCUT2D eigenvalue weighted by Crippen LogP contribution is 2.27.